The predicted molar refractivity (Wildman–Crippen MR) is 84.9 cm³/mol. The molecule has 0 amide bonds. The second kappa shape index (κ2) is 5.80. The Labute approximate surface area is 127 Å². The molecule has 0 atom stereocenters. The van der Waals surface area contributed by atoms with Crippen molar-refractivity contribution in [3.8, 4) is 5.95 Å². The Hall–Kier alpha value is -2.96. The molecule has 0 saturated carbocycles. The summed E-state index contributed by atoms with van der Waals surface area (Å²) in [4.78, 5) is 13.1. The fourth-order valence-electron chi connectivity index (χ4n) is 2.17. The molecule has 0 aliphatic carbocycles. The first kappa shape index (κ1) is 14.0. The Morgan fingerprint density at radius 2 is 2.00 bits per heavy atom. The van der Waals surface area contributed by atoms with Crippen molar-refractivity contribution in [1.82, 2.24) is 29.7 Å². The summed E-state index contributed by atoms with van der Waals surface area (Å²) in [6.45, 7) is 4.07. The van der Waals surface area contributed by atoms with Gasteiger partial charge in [-0.3, -0.25) is 9.67 Å². The minimum Gasteiger partial charge on any atom is -0.383 e. The van der Waals surface area contributed by atoms with E-state index in [-0.39, 0.29) is 5.92 Å². The summed E-state index contributed by atoms with van der Waals surface area (Å²) in [5, 5.41) is 6.81. The van der Waals surface area contributed by atoms with Gasteiger partial charge in [0.05, 0.1) is 17.2 Å². The first-order chi connectivity index (χ1) is 10.7. The van der Waals surface area contributed by atoms with Crippen LogP contribution >= 0.6 is 0 Å². The van der Waals surface area contributed by atoms with Crippen LogP contribution in [0.5, 0.6) is 0 Å². The van der Waals surface area contributed by atoms with E-state index >= 15 is 0 Å². The normalized spacial score (nSPS) is 10.9. The molecule has 0 aliphatic heterocycles. The van der Waals surface area contributed by atoms with Gasteiger partial charge < -0.3 is 5.73 Å². The van der Waals surface area contributed by atoms with E-state index in [0.717, 1.165) is 16.6 Å². The van der Waals surface area contributed by atoms with E-state index in [2.05, 4.69) is 25.1 Å². The summed E-state index contributed by atoms with van der Waals surface area (Å²) >= 11 is 0. The lowest BCUT2D eigenvalue weighted by Gasteiger charge is -2.05. The van der Waals surface area contributed by atoms with Crippen molar-refractivity contribution >= 4 is 16.9 Å². The van der Waals surface area contributed by atoms with Crippen molar-refractivity contribution in [3.63, 3.8) is 0 Å². The van der Waals surface area contributed by atoms with Gasteiger partial charge in [0.15, 0.2) is 0 Å². The van der Waals surface area contributed by atoms with Crippen LogP contribution in [0.4, 0.5) is 5.82 Å². The molecule has 0 bridgehead atoms. The molecule has 112 valence electrons. The first-order valence-corrected chi connectivity index (χ1v) is 6.98. The molecule has 0 spiro atoms. The van der Waals surface area contributed by atoms with Gasteiger partial charge in [0, 0.05) is 5.56 Å². The van der Waals surface area contributed by atoms with Crippen LogP contribution in [0.15, 0.2) is 43.1 Å². The lowest BCUT2D eigenvalue weighted by molar-refractivity contribution is 0.851. The number of hydrogen-bond donors (Lipinski definition) is 2. The SMILES string of the molecule is CC(C)c1cn[nH]cnc(-n2cnc3ccccc32)nc1N. The van der Waals surface area contributed by atoms with Crippen LogP contribution in [0, 0.1) is 0 Å². The van der Waals surface area contributed by atoms with Gasteiger partial charge in [0.1, 0.15) is 18.5 Å². The second-order valence-corrected chi connectivity index (χ2v) is 5.16. The number of rotatable bonds is 2. The second-order valence-electron chi connectivity index (χ2n) is 5.16. The number of hydrogen-bond acceptors (Lipinski definition) is 5. The van der Waals surface area contributed by atoms with Crippen molar-refractivity contribution in [2.75, 3.05) is 5.73 Å². The van der Waals surface area contributed by atoms with Crippen LogP contribution in [-0.2, 0) is 0 Å². The standard InChI is InChI=1S/C15H17N7/c1-10(2)11-7-19-20-8-17-15(21-14(11)16)22-9-18-12-5-3-4-6-13(12)22/h3-10H,16H2,1-2H3,(H,17,20,21). The smallest absolute Gasteiger partial charge is 0.238 e. The van der Waals surface area contributed by atoms with Crippen LogP contribution < -0.4 is 5.73 Å². The molecule has 0 aliphatic rings. The van der Waals surface area contributed by atoms with Gasteiger partial charge in [0.2, 0.25) is 5.95 Å². The number of nitrogens with one attached hydrogen (secondary N) is 1. The van der Waals surface area contributed by atoms with E-state index in [9.17, 15) is 0 Å². The number of H-pyrrole nitrogens is 1. The highest BCUT2D eigenvalue weighted by molar-refractivity contribution is 5.76. The zero-order valence-electron chi connectivity index (χ0n) is 12.4. The van der Waals surface area contributed by atoms with Crippen LogP contribution in [0.1, 0.15) is 25.3 Å². The molecule has 2 heterocycles. The van der Waals surface area contributed by atoms with Gasteiger partial charge in [0.25, 0.3) is 0 Å². The zero-order chi connectivity index (χ0) is 15.5. The maximum atomic E-state index is 6.12. The third-order valence-corrected chi connectivity index (χ3v) is 3.32. The van der Waals surface area contributed by atoms with Crippen LogP contribution in [0.2, 0.25) is 0 Å². The molecule has 0 fully saturated rings. The lowest BCUT2D eigenvalue weighted by atomic mass is 10.1. The molecule has 2 aromatic heterocycles. The third kappa shape index (κ3) is 2.60. The maximum absolute atomic E-state index is 6.12. The van der Waals surface area contributed by atoms with Gasteiger partial charge in [-0.15, -0.1) is 0 Å². The summed E-state index contributed by atoms with van der Waals surface area (Å²) < 4.78 is 1.80. The Morgan fingerprint density at radius 1 is 1.18 bits per heavy atom. The number of imidazole rings is 1. The number of nitrogens with zero attached hydrogens (tertiary/aromatic N) is 5. The van der Waals surface area contributed by atoms with Crippen molar-refractivity contribution in [2.45, 2.75) is 19.8 Å². The number of aromatic nitrogens is 6. The van der Waals surface area contributed by atoms with E-state index < -0.39 is 0 Å². The minimum absolute atomic E-state index is 0.202. The Bertz CT molecular complexity index is 846. The molecular weight excluding hydrogens is 278 g/mol. The lowest BCUT2D eigenvalue weighted by Crippen LogP contribution is -2.02. The van der Waals surface area contributed by atoms with Gasteiger partial charge in [-0.1, -0.05) is 26.0 Å². The van der Waals surface area contributed by atoms with Crippen LogP contribution in [0.3, 0.4) is 0 Å². The van der Waals surface area contributed by atoms with Gasteiger partial charge in [-0.2, -0.15) is 10.1 Å². The van der Waals surface area contributed by atoms with E-state index in [1.165, 1.54) is 6.33 Å². The summed E-state index contributed by atoms with van der Waals surface area (Å²) in [7, 11) is 0. The van der Waals surface area contributed by atoms with Crippen LogP contribution in [0.25, 0.3) is 17.0 Å². The topological polar surface area (TPSA) is 98.3 Å². The monoisotopic (exact) mass is 295 g/mol. The highest BCUT2D eigenvalue weighted by atomic mass is 15.2. The Kier molecular flexibility index (Phi) is 3.69. The fraction of sp³-hybridized carbons (Fsp3) is 0.200. The minimum atomic E-state index is 0.202. The van der Waals surface area contributed by atoms with Crippen molar-refractivity contribution in [2.24, 2.45) is 0 Å². The Morgan fingerprint density at radius 3 is 2.82 bits per heavy atom. The van der Waals surface area contributed by atoms with E-state index in [1.807, 2.05) is 38.1 Å². The number of nitrogen functional groups attached to an aromatic ring is 1. The summed E-state index contributed by atoms with van der Waals surface area (Å²) in [6.07, 6.45) is 4.83. The predicted octanol–water partition coefficient (Wildman–Crippen LogP) is 2.37. The molecule has 3 rings (SSSR count). The molecule has 3 N–H and O–H groups in total. The summed E-state index contributed by atoms with van der Waals surface area (Å²) in [5.74, 6) is 1.03. The van der Waals surface area contributed by atoms with Gasteiger partial charge in [-0.05, 0) is 18.1 Å². The molecule has 0 radical (unpaired) electrons. The molecule has 7 nitrogen and oxygen atoms in total. The zero-order valence-corrected chi connectivity index (χ0v) is 12.4. The van der Waals surface area contributed by atoms with E-state index in [1.54, 1.807) is 17.1 Å². The summed E-state index contributed by atoms with van der Waals surface area (Å²) in [6, 6.07) is 7.78. The third-order valence-electron chi connectivity index (χ3n) is 3.32. The number of aromatic amines is 1. The molecule has 0 saturated heterocycles. The summed E-state index contributed by atoms with van der Waals surface area (Å²) in [5.41, 5.74) is 8.76. The average molecular weight is 295 g/mol. The molecule has 1 aromatic carbocycles. The maximum Gasteiger partial charge on any atom is 0.238 e. The quantitative estimate of drug-likeness (QED) is 0.756. The molecule has 0 unspecified atom stereocenters. The highest BCUT2D eigenvalue weighted by Crippen LogP contribution is 2.19. The highest BCUT2D eigenvalue weighted by Gasteiger charge is 2.08. The number of nitrogens with two attached hydrogens (primary N) is 1. The van der Waals surface area contributed by atoms with Gasteiger partial charge >= 0.3 is 0 Å². The largest absolute Gasteiger partial charge is 0.383 e. The number of fused-ring (bicyclic) bond motifs is 1. The van der Waals surface area contributed by atoms with Crippen molar-refractivity contribution < 1.29 is 0 Å². The van der Waals surface area contributed by atoms with Crippen molar-refractivity contribution in [1.29, 1.82) is 0 Å². The average Bonchev–Trinajstić information content (AvgIpc) is 2.94. The first-order valence-electron chi connectivity index (χ1n) is 6.98. The number of anilines is 1. The van der Waals surface area contributed by atoms with E-state index in [4.69, 9.17) is 5.73 Å². The van der Waals surface area contributed by atoms with Crippen LogP contribution in [-0.4, -0.2) is 29.7 Å². The molecular formula is C15H17N7. The molecule has 22 heavy (non-hydrogen) atoms. The molecule has 7 heteroatoms. The fourth-order valence-corrected chi connectivity index (χ4v) is 2.17. The van der Waals surface area contributed by atoms with Gasteiger partial charge in [-0.25, -0.2) is 9.97 Å². The Balaban J connectivity index is 2.27. The number of benzene rings is 1. The molecule has 3 aromatic rings. The van der Waals surface area contributed by atoms with Crippen molar-refractivity contribution in [3.05, 3.63) is 48.7 Å². The van der Waals surface area contributed by atoms with E-state index in [0.29, 0.717) is 11.8 Å². The number of para-hydroxylation sites is 2.